The molecule has 0 spiro atoms. The third-order valence-electron chi connectivity index (χ3n) is 4.16. The minimum atomic E-state index is -0.469. The Morgan fingerprint density at radius 3 is 2.62 bits per heavy atom. The Labute approximate surface area is 150 Å². The van der Waals surface area contributed by atoms with Gasteiger partial charge >= 0.3 is 0 Å². The number of amides is 2. The van der Waals surface area contributed by atoms with Gasteiger partial charge in [0.05, 0.1) is 11.1 Å². The number of halogens is 1. The van der Waals surface area contributed by atoms with Crippen LogP contribution in [0.4, 0.5) is 10.1 Å². The molecule has 1 saturated carbocycles. The fourth-order valence-electron chi connectivity index (χ4n) is 2.58. The van der Waals surface area contributed by atoms with E-state index in [9.17, 15) is 19.1 Å². The second-order valence-corrected chi connectivity index (χ2v) is 6.34. The maximum atomic E-state index is 13.1. The zero-order chi connectivity index (χ0) is 18.7. The van der Waals surface area contributed by atoms with Crippen molar-refractivity contribution in [2.24, 2.45) is 0 Å². The Hall–Kier alpha value is -3.09. The molecule has 1 aliphatic rings. The van der Waals surface area contributed by atoms with E-state index in [0.29, 0.717) is 6.42 Å². The van der Waals surface area contributed by atoms with Crippen molar-refractivity contribution in [3.8, 4) is 5.75 Å². The fourth-order valence-corrected chi connectivity index (χ4v) is 2.58. The lowest BCUT2D eigenvalue weighted by Gasteiger charge is -2.11. The maximum absolute atomic E-state index is 13.1. The third kappa shape index (κ3) is 4.30. The van der Waals surface area contributed by atoms with Crippen molar-refractivity contribution in [2.45, 2.75) is 25.3 Å². The van der Waals surface area contributed by atoms with E-state index in [1.807, 2.05) is 0 Å². The Morgan fingerprint density at radius 1 is 1.15 bits per heavy atom. The van der Waals surface area contributed by atoms with Gasteiger partial charge in [0.2, 0.25) is 0 Å². The van der Waals surface area contributed by atoms with Crippen LogP contribution in [0.5, 0.6) is 5.75 Å². The number of benzene rings is 2. The molecule has 2 aromatic rings. The first-order valence-corrected chi connectivity index (χ1v) is 8.40. The number of phenols is 1. The molecule has 7 heteroatoms. The number of phenolic OH excluding ortho intramolecular Hbond substituents is 1. The molecule has 6 nitrogen and oxygen atoms in total. The van der Waals surface area contributed by atoms with E-state index in [4.69, 9.17) is 5.73 Å². The Morgan fingerprint density at radius 2 is 1.92 bits per heavy atom. The second-order valence-electron chi connectivity index (χ2n) is 6.34. The molecule has 3 rings (SSSR count). The predicted octanol–water partition coefficient (Wildman–Crippen LogP) is 1.98. The van der Waals surface area contributed by atoms with Gasteiger partial charge in [-0.15, -0.1) is 0 Å². The van der Waals surface area contributed by atoms with Crippen LogP contribution in [0.25, 0.3) is 0 Å². The summed E-state index contributed by atoms with van der Waals surface area (Å²) >= 11 is 0. The van der Waals surface area contributed by atoms with Crippen molar-refractivity contribution in [3.05, 3.63) is 58.9 Å². The van der Waals surface area contributed by atoms with Gasteiger partial charge in [0.25, 0.3) is 11.8 Å². The molecule has 5 N–H and O–H groups in total. The molecule has 0 saturated heterocycles. The summed E-state index contributed by atoms with van der Waals surface area (Å²) in [5.41, 5.74) is 6.87. The van der Waals surface area contributed by atoms with Gasteiger partial charge in [0, 0.05) is 18.3 Å². The number of nitrogens with two attached hydrogens (primary N) is 1. The molecule has 2 amide bonds. The fraction of sp³-hybridized carbons (Fsp3) is 0.263. The van der Waals surface area contributed by atoms with Crippen LogP contribution in [0, 0.1) is 5.82 Å². The Bertz CT molecular complexity index is 850. The topological polar surface area (TPSA) is 104 Å². The molecule has 26 heavy (non-hydrogen) atoms. The number of hydrogen-bond acceptors (Lipinski definition) is 4. The number of anilines is 1. The quantitative estimate of drug-likeness (QED) is 0.469. The summed E-state index contributed by atoms with van der Waals surface area (Å²) in [5.74, 6) is -1.51. The average molecular weight is 357 g/mol. The lowest BCUT2D eigenvalue weighted by atomic mass is 10.1. The third-order valence-corrected chi connectivity index (χ3v) is 4.16. The number of aromatic hydroxyl groups is 1. The summed E-state index contributed by atoms with van der Waals surface area (Å²) in [7, 11) is 0. The van der Waals surface area contributed by atoms with Gasteiger partial charge in [0.15, 0.2) is 0 Å². The Kier molecular flexibility index (Phi) is 5.06. The van der Waals surface area contributed by atoms with Crippen molar-refractivity contribution < 1.29 is 19.1 Å². The highest BCUT2D eigenvalue weighted by Crippen LogP contribution is 2.26. The van der Waals surface area contributed by atoms with Crippen molar-refractivity contribution in [1.29, 1.82) is 0 Å². The minimum absolute atomic E-state index is 0.0470. The van der Waals surface area contributed by atoms with Crippen LogP contribution < -0.4 is 16.4 Å². The van der Waals surface area contributed by atoms with Crippen LogP contribution in [0.15, 0.2) is 36.4 Å². The molecule has 136 valence electrons. The van der Waals surface area contributed by atoms with Crippen molar-refractivity contribution in [2.75, 3.05) is 12.3 Å². The summed E-state index contributed by atoms with van der Waals surface area (Å²) in [4.78, 5) is 24.3. The van der Waals surface area contributed by atoms with Gasteiger partial charge in [-0.05, 0) is 49.1 Å². The first-order chi connectivity index (χ1) is 12.4. The molecular formula is C19H20FN3O3. The average Bonchev–Trinajstić information content (AvgIpc) is 3.40. The lowest BCUT2D eigenvalue weighted by Crippen LogP contribution is -2.28. The summed E-state index contributed by atoms with van der Waals surface area (Å²) < 4.78 is 13.1. The van der Waals surface area contributed by atoms with Crippen LogP contribution in [0.3, 0.4) is 0 Å². The molecule has 1 aliphatic carbocycles. The van der Waals surface area contributed by atoms with Gasteiger partial charge in [-0.3, -0.25) is 9.59 Å². The van der Waals surface area contributed by atoms with E-state index in [0.717, 1.165) is 18.4 Å². The van der Waals surface area contributed by atoms with Crippen LogP contribution in [0.2, 0.25) is 0 Å². The normalized spacial score (nSPS) is 13.3. The van der Waals surface area contributed by atoms with Gasteiger partial charge in [0.1, 0.15) is 11.6 Å². The maximum Gasteiger partial charge on any atom is 0.255 e. The summed E-state index contributed by atoms with van der Waals surface area (Å²) in [5, 5.41) is 15.5. The number of carbonyl (C=O) groups excluding carboxylic acids is 2. The van der Waals surface area contributed by atoms with Gasteiger partial charge in [-0.1, -0.05) is 12.1 Å². The first-order valence-electron chi connectivity index (χ1n) is 8.40. The molecule has 0 aromatic heterocycles. The summed E-state index contributed by atoms with van der Waals surface area (Å²) in [6, 6.07) is 8.76. The molecule has 0 bridgehead atoms. The lowest BCUT2D eigenvalue weighted by molar-refractivity contribution is 0.0938. The zero-order valence-electron chi connectivity index (χ0n) is 14.1. The highest BCUT2D eigenvalue weighted by molar-refractivity contribution is 6.04. The van der Waals surface area contributed by atoms with E-state index >= 15 is 0 Å². The molecule has 2 aromatic carbocycles. The molecule has 1 fully saturated rings. The molecular weight excluding hydrogens is 337 g/mol. The predicted molar refractivity (Wildman–Crippen MR) is 95.4 cm³/mol. The number of carbonyl (C=O) groups is 2. The number of rotatable bonds is 6. The largest absolute Gasteiger partial charge is 0.507 e. The Balaban J connectivity index is 1.63. The van der Waals surface area contributed by atoms with E-state index in [1.165, 1.54) is 24.3 Å². The first kappa shape index (κ1) is 17.7. The second kappa shape index (κ2) is 7.43. The van der Waals surface area contributed by atoms with Crippen molar-refractivity contribution in [3.63, 3.8) is 0 Å². The summed E-state index contributed by atoms with van der Waals surface area (Å²) in [6.45, 7) is 0.284. The van der Waals surface area contributed by atoms with Crippen molar-refractivity contribution >= 4 is 17.5 Å². The molecule has 0 atom stereocenters. The van der Waals surface area contributed by atoms with Crippen LogP contribution in [-0.4, -0.2) is 29.5 Å². The minimum Gasteiger partial charge on any atom is -0.507 e. The van der Waals surface area contributed by atoms with Gasteiger partial charge in [-0.25, -0.2) is 4.39 Å². The van der Waals surface area contributed by atoms with Crippen LogP contribution in [0.1, 0.15) is 39.1 Å². The van der Waals surface area contributed by atoms with E-state index in [-0.39, 0.29) is 41.0 Å². The van der Waals surface area contributed by atoms with Crippen LogP contribution >= 0.6 is 0 Å². The van der Waals surface area contributed by atoms with Crippen molar-refractivity contribution in [1.82, 2.24) is 10.6 Å². The monoisotopic (exact) mass is 357 g/mol. The SMILES string of the molecule is Nc1cc(C(=O)NC2CC2)c(O)cc1C(=O)NCCc1cccc(F)c1. The number of nitrogens with one attached hydrogen (secondary N) is 2. The molecule has 0 unspecified atom stereocenters. The van der Waals surface area contributed by atoms with E-state index in [1.54, 1.807) is 12.1 Å². The molecule has 0 heterocycles. The number of hydrogen-bond donors (Lipinski definition) is 4. The van der Waals surface area contributed by atoms with E-state index in [2.05, 4.69) is 10.6 Å². The van der Waals surface area contributed by atoms with Gasteiger partial charge in [-0.2, -0.15) is 0 Å². The summed E-state index contributed by atoms with van der Waals surface area (Å²) in [6.07, 6.45) is 2.30. The van der Waals surface area contributed by atoms with Crippen LogP contribution in [-0.2, 0) is 6.42 Å². The highest BCUT2D eigenvalue weighted by Gasteiger charge is 2.26. The standard InChI is InChI=1S/C19H20FN3O3/c20-12-3-1-2-11(8-12)6-7-22-18(25)14-10-17(24)15(9-16(14)21)19(26)23-13-4-5-13/h1-3,8-10,13,24H,4-7,21H2,(H,22,25)(H,23,26). The highest BCUT2D eigenvalue weighted by atomic mass is 19.1. The smallest absolute Gasteiger partial charge is 0.255 e. The molecule has 0 radical (unpaired) electrons. The zero-order valence-corrected chi connectivity index (χ0v) is 14.1. The molecule has 0 aliphatic heterocycles. The van der Waals surface area contributed by atoms with E-state index < -0.39 is 11.8 Å². The van der Waals surface area contributed by atoms with Gasteiger partial charge < -0.3 is 21.5 Å². The number of nitrogen functional groups attached to an aromatic ring is 1.